The second-order valence-electron chi connectivity index (χ2n) is 16.0. The van der Waals surface area contributed by atoms with Crippen LogP contribution in [0.2, 0.25) is 0 Å². The summed E-state index contributed by atoms with van der Waals surface area (Å²) in [4.78, 5) is 26.6. The van der Waals surface area contributed by atoms with Crippen LogP contribution in [0.25, 0.3) is 0 Å². The molecule has 6 atom stereocenters. The highest BCUT2D eigenvalue weighted by atomic mass is 16.7. The number of benzene rings is 2. The number of aliphatic hydroxyl groups excluding tert-OH is 2. The van der Waals surface area contributed by atoms with Crippen LogP contribution in [0.15, 0.2) is 96.7 Å². The molecule has 1 saturated carbocycles. The maximum atomic E-state index is 14.6. The van der Waals surface area contributed by atoms with Crippen LogP contribution in [0.3, 0.4) is 0 Å². The van der Waals surface area contributed by atoms with E-state index in [4.69, 9.17) is 33.3 Å². The first-order chi connectivity index (χ1) is 29.8. The molecular weight excluding hydrogens is 779 g/mol. The van der Waals surface area contributed by atoms with Crippen molar-refractivity contribution in [3.8, 4) is 23.0 Å². The second kappa shape index (κ2) is 20.5. The van der Waals surface area contributed by atoms with Gasteiger partial charge in [-0.25, -0.2) is 4.79 Å². The first-order valence-electron chi connectivity index (χ1n) is 21.4. The summed E-state index contributed by atoms with van der Waals surface area (Å²) in [5.74, 6) is 0.468. The van der Waals surface area contributed by atoms with Crippen LogP contribution in [0.4, 0.5) is 4.79 Å². The Balaban J connectivity index is 1.41. The lowest BCUT2D eigenvalue weighted by atomic mass is 9.55. The number of amides is 1. The van der Waals surface area contributed by atoms with Crippen molar-refractivity contribution >= 4 is 11.8 Å². The summed E-state index contributed by atoms with van der Waals surface area (Å²) >= 11 is 0. The van der Waals surface area contributed by atoms with Gasteiger partial charge in [0.1, 0.15) is 31.3 Å². The van der Waals surface area contributed by atoms with Gasteiger partial charge >= 0.3 is 6.09 Å². The molecule has 2 N–H and O–H groups in total. The first-order valence-corrected chi connectivity index (χ1v) is 21.4. The van der Waals surface area contributed by atoms with Crippen LogP contribution in [-0.2, 0) is 27.5 Å². The van der Waals surface area contributed by atoms with Crippen molar-refractivity contribution in [2.24, 2.45) is 22.9 Å². The lowest BCUT2D eigenvalue weighted by Gasteiger charge is -2.59. The number of nitrogens with zero attached hydrogens (tertiary/aromatic N) is 3. The minimum absolute atomic E-state index is 0.0476. The molecule has 2 aromatic carbocycles. The summed E-state index contributed by atoms with van der Waals surface area (Å²) in [6.45, 7) is 10.8. The number of hydrogen-bond donors (Lipinski definition) is 2. The van der Waals surface area contributed by atoms with Crippen LogP contribution in [0.5, 0.6) is 23.0 Å². The van der Waals surface area contributed by atoms with E-state index in [1.165, 1.54) is 7.11 Å². The van der Waals surface area contributed by atoms with Crippen LogP contribution in [0, 0.1) is 24.7 Å². The predicted molar refractivity (Wildman–Crippen MR) is 230 cm³/mol. The number of aliphatic hydroxyl groups is 2. The molecule has 3 aromatic rings. The second-order valence-corrected chi connectivity index (χ2v) is 16.0. The maximum Gasteiger partial charge on any atom is 0.410 e. The molecule has 0 bridgehead atoms. The monoisotopic (exact) mass is 837 g/mol. The van der Waals surface area contributed by atoms with Gasteiger partial charge in [0.2, 0.25) is 12.6 Å². The molecule has 326 valence electrons. The number of allylic oxidation sites excluding steroid dienone is 1. The smallest absolute Gasteiger partial charge is 0.410 e. The molecule has 3 heterocycles. The zero-order valence-electron chi connectivity index (χ0n) is 35.3. The van der Waals surface area contributed by atoms with Crippen molar-refractivity contribution in [1.29, 1.82) is 0 Å². The first kappa shape index (κ1) is 43.7. The lowest BCUT2D eigenvalue weighted by Crippen LogP contribution is -2.70. The highest BCUT2D eigenvalue weighted by molar-refractivity contribution is 6.03. The third kappa shape index (κ3) is 9.59. The molecule has 1 fully saturated rings. The largest absolute Gasteiger partial charge is 0.487 e. The molecule has 0 unspecified atom stereocenters. The quantitative estimate of drug-likeness (QED) is 0.0608. The summed E-state index contributed by atoms with van der Waals surface area (Å²) in [7, 11) is 1.53. The van der Waals surface area contributed by atoms with Crippen LogP contribution in [0.1, 0.15) is 79.8 Å². The van der Waals surface area contributed by atoms with E-state index in [1.807, 2.05) is 55.5 Å². The Morgan fingerprint density at radius 2 is 1.80 bits per heavy atom. The summed E-state index contributed by atoms with van der Waals surface area (Å²) in [5.41, 5.74) is 5.09. The maximum absolute atomic E-state index is 14.6. The number of carbonyl (C=O) groups is 1. The highest BCUT2D eigenvalue weighted by Gasteiger charge is 2.65. The van der Waals surface area contributed by atoms with E-state index in [0.29, 0.717) is 48.0 Å². The van der Waals surface area contributed by atoms with Crippen LogP contribution < -0.4 is 18.9 Å². The number of unbranched alkanes of at least 4 members (excludes halogenated alkanes) is 2. The Morgan fingerprint density at radius 3 is 2.57 bits per heavy atom. The van der Waals surface area contributed by atoms with Crippen molar-refractivity contribution in [2.75, 3.05) is 40.3 Å². The molecule has 0 spiro atoms. The summed E-state index contributed by atoms with van der Waals surface area (Å²) in [6, 6.07) is 16.6. The van der Waals surface area contributed by atoms with Crippen LogP contribution in [-0.4, -0.2) is 84.1 Å². The number of aryl methyl sites for hydroxylation is 1. The van der Waals surface area contributed by atoms with Gasteiger partial charge in [0.15, 0.2) is 11.5 Å². The average molecular weight is 838 g/mol. The van der Waals surface area contributed by atoms with Gasteiger partial charge in [-0.2, -0.15) is 0 Å². The van der Waals surface area contributed by atoms with Gasteiger partial charge in [-0.15, -0.1) is 13.2 Å². The number of fused-ring (bicyclic) bond motifs is 3. The zero-order chi connectivity index (χ0) is 42.8. The number of pyridine rings is 1. The minimum atomic E-state index is -1.46. The average Bonchev–Trinajstić information content (AvgIpc) is 3.74. The Hall–Kier alpha value is -5.37. The third-order valence-corrected chi connectivity index (χ3v) is 12.1. The normalized spacial score (nSPS) is 23.8. The van der Waals surface area contributed by atoms with E-state index in [2.05, 4.69) is 35.4 Å². The summed E-state index contributed by atoms with van der Waals surface area (Å²) in [6.07, 6.45) is 10.5. The number of oxime groups is 1. The lowest BCUT2D eigenvalue weighted by molar-refractivity contribution is -0.256. The fourth-order valence-corrected chi connectivity index (χ4v) is 9.54. The van der Waals surface area contributed by atoms with Crippen molar-refractivity contribution in [2.45, 2.75) is 89.2 Å². The number of ether oxygens (including phenoxy) is 6. The fraction of sp³-hybridized carbons (Fsp3) is 0.479. The molecule has 4 aliphatic rings. The van der Waals surface area contributed by atoms with Crippen LogP contribution >= 0.6 is 0 Å². The third-order valence-electron chi connectivity index (χ3n) is 12.1. The number of hydrogen-bond acceptors (Lipinski definition) is 12. The molecule has 2 aliphatic carbocycles. The van der Waals surface area contributed by atoms with E-state index in [9.17, 15) is 15.0 Å². The molecule has 13 heteroatoms. The summed E-state index contributed by atoms with van der Waals surface area (Å²) in [5, 5.41) is 24.5. The SMILES string of the molecule is C=CCCOC(=O)N(Cc1ccc2c(c1)OCO2)[C@H]1CC(=NOC)C2=C[C@H](CCCCO)[C@@H](CCCCO)[C@@H]3c4cc(OCc5cccc(C)n5)ccc4O[C@@]1(OCC=C)[C@H]23. The molecule has 7 rings (SSSR count). The van der Waals surface area contributed by atoms with E-state index in [1.54, 1.807) is 17.1 Å². The van der Waals surface area contributed by atoms with Gasteiger partial charge < -0.3 is 43.5 Å². The van der Waals surface area contributed by atoms with E-state index in [-0.39, 0.29) is 70.5 Å². The molecule has 0 radical (unpaired) electrons. The number of rotatable bonds is 21. The molecule has 13 nitrogen and oxygen atoms in total. The van der Waals surface area contributed by atoms with Gasteiger partial charge in [-0.1, -0.05) is 48.4 Å². The Bertz CT molecular complexity index is 2070. The Labute approximate surface area is 358 Å². The summed E-state index contributed by atoms with van der Waals surface area (Å²) < 4.78 is 38.2. The van der Waals surface area contributed by atoms with Gasteiger partial charge in [-0.05, 0) is 104 Å². The fourth-order valence-electron chi connectivity index (χ4n) is 9.54. The standard InChI is InChI=1S/C48H59N3O10/c1-5-7-24-56-47(54)51(29-33-17-19-42-43(25-33)59-31-58-42)44-28-40(50-55-4)38-26-34(14-8-10-21-52)37(16-9-11-22-53)45-39-27-36(57-30-35-15-12-13-32(3)49-35)18-20-41(39)61-48(44,46(38)45)60-23-6-2/h5-6,12-13,15,17-20,25-27,34,37,44-46,52-53H,1-2,7-11,14,16,21-24,28-31H2,3-4H3/t34-,37+,44-,45+,46+,48+/m0/s1. The van der Waals surface area contributed by atoms with Gasteiger partial charge in [0, 0.05) is 43.4 Å². The molecule has 1 amide bonds. The van der Waals surface area contributed by atoms with E-state index in [0.717, 1.165) is 53.8 Å². The Morgan fingerprint density at radius 1 is 1.00 bits per heavy atom. The predicted octanol–water partition coefficient (Wildman–Crippen LogP) is 8.18. The molecule has 61 heavy (non-hydrogen) atoms. The molecule has 1 aromatic heterocycles. The molecular formula is C48H59N3O10. The van der Waals surface area contributed by atoms with Crippen molar-refractivity contribution < 1.29 is 48.3 Å². The number of carbonyl (C=O) groups excluding carboxylic acids is 1. The van der Waals surface area contributed by atoms with Gasteiger partial charge in [0.25, 0.3) is 0 Å². The minimum Gasteiger partial charge on any atom is -0.487 e. The van der Waals surface area contributed by atoms with Crippen molar-refractivity contribution in [3.05, 3.63) is 114 Å². The van der Waals surface area contributed by atoms with E-state index >= 15 is 0 Å². The van der Waals surface area contributed by atoms with Crippen molar-refractivity contribution in [1.82, 2.24) is 9.88 Å². The van der Waals surface area contributed by atoms with Gasteiger partial charge in [0.05, 0.1) is 30.5 Å². The number of aromatic nitrogens is 1. The highest BCUT2D eigenvalue weighted by Crippen LogP contribution is 2.62. The van der Waals surface area contributed by atoms with E-state index < -0.39 is 23.8 Å². The Kier molecular flexibility index (Phi) is 14.7. The zero-order valence-corrected chi connectivity index (χ0v) is 35.3. The van der Waals surface area contributed by atoms with Crippen molar-refractivity contribution in [3.63, 3.8) is 0 Å². The van der Waals surface area contributed by atoms with Gasteiger partial charge in [-0.3, -0.25) is 9.88 Å². The molecule has 0 saturated heterocycles. The molecule has 2 aliphatic heterocycles. The topological polar surface area (TPSA) is 151 Å².